The molecule has 1 aliphatic rings. The van der Waals surface area contributed by atoms with Crippen LogP contribution >= 0.6 is 0 Å². The van der Waals surface area contributed by atoms with Crippen LogP contribution in [0.2, 0.25) is 0 Å². The fourth-order valence-electron chi connectivity index (χ4n) is 2.25. The fraction of sp³-hybridized carbons (Fsp3) is 0.227. The summed E-state index contributed by atoms with van der Waals surface area (Å²) < 4.78 is 151. The SMILES string of the molecule is [2H]c1nc(C([2H])([2H])N2CC([2H])([2H])Oc3c([2H])c([2H])c(-c4c([2H])c([2H])c(OC(C)(F)F)c([2H])c4[2H])c([2H])c3C2=O)nc([2H])c1[2H]. The summed E-state index contributed by atoms with van der Waals surface area (Å²) in [5.74, 6) is -4.72. The van der Waals surface area contributed by atoms with Crippen molar-refractivity contribution in [2.45, 2.75) is 19.5 Å². The van der Waals surface area contributed by atoms with Gasteiger partial charge in [-0.1, -0.05) is 18.1 Å². The smallest absolute Gasteiger partial charge is 0.394 e. The lowest BCUT2D eigenvalue weighted by Crippen LogP contribution is -2.32. The molecule has 4 rings (SSSR count). The third-order valence-corrected chi connectivity index (χ3v) is 3.44. The minimum atomic E-state index is -3.93. The van der Waals surface area contributed by atoms with Crippen LogP contribution in [0.15, 0.2) is 60.7 Å². The predicted octanol–water partition coefficient (Wildman–Crippen LogP) is 4.17. The molecule has 0 N–H and O–H groups in total. The van der Waals surface area contributed by atoms with Crippen molar-refractivity contribution in [3.63, 3.8) is 0 Å². The summed E-state index contributed by atoms with van der Waals surface area (Å²) >= 11 is 0. The van der Waals surface area contributed by atoms with E-state index in [-0.39, 0.29) is 11.8 Å². The highest BCUT2D eigenvalue weighted by Crippen LogP contribution is 2.31. The highest BCUT2D eigenvalue weighted by atomic mass is 19.3. The summed E-state index contributed by atoms with van der Waals surface area (Å²) in [6, 6.07) is -8.47. The third-order valence-electron chi connectivity index (χ3n) is 3.44. The van der Waals surface area contributed by atoms with Crippen LogP contribution in [0.25, 0.3) is 11.1 Å². The van der Waals surface area contributed by atoms with Gasteiger partial charge in [-0.15, -0.1) is 0 Å². The van der Waals surface area contributed by atoms with Crippen molar-refractivity contribution in [3.05, 3.63) is 72.1 Å². The average Bonchev–Trinajstić information content (AvgIpc) is 3.01. The number of fused-ring (bicyclic) bond motifs is 1. The molecule has 0 aliphatic carbocycles. The normalized spacial score (nSPS) is 22.8. The van der Waals surface area contributed by atoms with Crippen molar-refractivity contribution in [1.29, 1.82) is 0 Å². The van der Waals surface area contributed by atoms with Crippen LogP contribution in [0.4, 0.5) is 8.78 Å². The molecule has 0 unspecified atom stereocenters. The zero-order valence-corrected chi connectivity index (χ0v) is 15.0. The molecule has 0 saturated carbocycles. The van der Waals surface area contributed by atoms with Gasteiger partial charge in [-0.05, 0) is 41.3 Å². The Bertz CT molecular complexity index is 1680. The summed E-state index contributed by atoms with van der Waals surface area (Å²) in [6.45, 7) is -7.20. The molecular formula is C22H19F2N3O3. The lowest BCUT2D eigenvalue weighted by molar-refractivity contribution is -0.158. The number of nitrogens with zero attached hydrogens (tertiary/aromatic N) is 3. The number of carbonyl (C=O) groups is 1. The Hall–Kier alpha value is -3.55. The van der Waals surface area contributed by atoms with Gasteiger partial charge < -0.3 is 14.4 Å². The number of ether oxygens (including phenoxy) is 2. The first kappa shape index (κ1) is 9.07. The number of benzene rings is 2. The first-order chi connectivity index (χ1) is 20.0. The molecule has 0 atom stereocenters. The Morgan fingerprint density at radius 1 is 1.23 bits per heavy atom. The summed E-state index contributed by atoms with van der Waals surface area (Å²) in [5.41, 5.74) is -2.81. The first-order valence-corrected chi connectivity index (χ1v) is 8.16. The fourth-order valence-corrected chi connectivity index (χ4v) is 2.25. The number of aromatic nitrogens is 2. The molecule has 30 heavy (non-hydrogen) atoms. The highest BCUT2D eigenvalue weighted by Gasteiger charge is 2.25. The molecule has 1 aliphatic heterocycles. The number of amides is 1. The van der Waals surface area contributed by atoms with E-state index in [4.69, 9.17) is 23.9 Å². The largest absolute Gasteiger partial charge is 0.491 e. The second-order valence-electron chi connectivity index (χ2n) is 5.71. The standard InChI is InChI=1S/C22H19F2N3O3/c1-22(23,24)30-17-6-3-15(4-7-17)16-5-8-19-18(13-16)21(28)27(11-12-29-19)14-20-25-9-2-10-26-20/h2-10,13H,11-12,14H2,1H3/i2D,3D,4D,5D,6D,7D,8D,9D,10D,12D2,13D,14D2. The van der Waals surface area contributed by atoms with Crippen molar-refractivity contribution in [3.8, 4) is 22.6 Å². The van der Waals surface area contributed by atoms with E-state index in [9.17, 15) is 13.6 Å². The maximum absolute atomic E-state index is 13.9. The Morgan fingerprint density at radius 2 is 1.93 bits per heavy atom. The van der Waals surface area contributed by atoms with Gasteiger partial charge >= 0.3 is 6.11 Å². The van der Waals surface area contributed by atoms with Crippen LogP contribution < -0.4 is 9.47 Å². The van der Waals surface area contributed by atoms with E-state index in [1.54, 1.807) is 0 Å². The van der Waals surface area contributed by atoms with E-state index in [2.05, 4.69) is 14.7 Å². The second kappa shape index (κ2) is 8.06. The number of rotatable bonds is 5. The molecule has 6 nitrogen and oxygen atoms in total. The minimum absolute atomic E-state index is 0.136. The number of alkyl halides is 2. The second-order valence-corrected chi connectivity index (χ2v) is 5.71. The van der Waals surface area contributed by atoms with Gasteiger partial charge in [0.15, 0.2) is 0 Å². The molecule has 0 saturated heterocycles. The van der Waals surface area contributed by atoms with Gasteiger partial charge in [0, 0.05) is 19.3 Å². The van der Waals surface area contributed by atoms with Gasteiger partial charge in [0.1, 0.15) is 23.9 Å². The summed E-state index contributed by atoms with van der Waals surface area (Å²) in [5, 5.41) is 0. The lowest BCUT2D eigenvalue weighted by Gasteiger charge is -2.19. The minimum Gasteiger partial charge on any atom is -0.491 e. The molecule has 2 heterocycles. The van der Waals surface area contributed by atoms with E-state index in [1.807, 2.05) is 0 Å². The summed E-state index contributed by atoms with van der Waals surface area (Å²) in [6.07, 6.45) is -5.71. The Labute approximate surface area is 191 Å². The van der Waals surface area contributed by atoms with Crippen LogP contribution in [0, 0.1) is 0 Å². The van der Waals surface area contributed by atoms with Gasteiger partial charge in [-0.2, -0.15) is 8.78 Å². The monoisotopic (exact) mass is 425 g/mol. The van der Waals surface area contributed by atoms with Crippen LogP contribution in [0.1, 0.15) is 42.3 Å². The number of hydrogen-bond acceptors (Lipinski definition) is 5. The summed E-state index contributed by atoms with van der Waals surface area (Å²) in [7, 11) is 0. The van der Waals surface area contributed by atoms with Gasteiger partial charge in [0.2, 0.25) is 0 Å². The predicted molar refractivity (Wildman–Crippen MR) is 105 cm³/mol. The Balaban J connectivity index is 2.03. The number of halogens is 2. The van der Waals surface area contributed by atoms with Crippen molar-refractivity contribution >= 4 is 5.91 Å². The van der Waals surface area contributed by atoms with Crippen molar-refractivity contribution in [2.24, 2.45) is 0 Å². The molecule has 1 aromatic heterocycles. The highest BCUT2D eigenvalue weighted by molar-refractivity contribution is 5.98. The molecule has 2 aromatic carbocycles. The zero-order valence-electron chi connectivity index (χ0n) is 29.0. The summed E-state index contributed by atoms with van der Waals surface area (Å²) in [4.78, 5) is 21.0. The topological polar surface area (TPSA) is 64.6 Å². The molecule has 154 valence electrons. The molecule has 0 spiro atoms. The van der Waals surface area contributed by atoms with E-state index in [0.29, 0.717) is 0 Å². The van der Waals surface area contributed by atoms with Gasteiger partial charge in [0.05, 0.1) is 37.8 Å². The van der Waals surface area contributed by atoms with Crippen molar-refractivity contribution in [1.82, 2.24) is 14.9 Å². The quantitative estimate of drug-likeness (QED) is 0.614. The zero-order chi connectivity index (χ0) is 33.4. The third kappa shape index (κ3) is 4.53. The molecule has 3 aromatic rings. The number of carbonyl (C=O) groups excluding carboxylic acids is 1. The molecule has 8 heteroatoms. The van der Waals surface area contributed by atoms with E-state index >= 15 is 0 Å². The van der Waals surface area contributed by atoms with Gasteiger partial charge in [0.25, 0.3) is 5.91 Å². The maximum Gasteiger partial charge on any atom is 0.394 e. The van der Waals surface area contributed by atoms with Crippen molar-refractivity contribution < 1.29 is 42.2 Å². The molecular weight excluding hydrogens is 392 g/mol. The van der Waals surface area contributed by atoms with Gasteiger partial charge in [-0.3, -0.25) is 4.79 Å². The maximum atomic E-state index is 13.9. The van der Waals surface area contributed by atoms with Gasteiger partial charge in [-0.25, -0.2) is 9.97 Å². The molecule has 0 radical (unpaired) electrons. The van der Waals surface area contributed by atoms with Crippen LogP contribution in [-0.2, 0) is 6.50 Å². The van der Waals surface area contributed by atoms with Crippen LogP contribution in [0.3, 0.4) is 0 Å². The van der Waals surface area contributed by atoms with Crippen LogP contribution in [0.5, 0.6) is 11.5 Å². The van der Waals surface area contributed by atoms with E-state index in [1.165, 1.54) is 0 Å². The van der Waals surface area contributed by atoms with Crippen molar-refractivity contribution in [2.75, 3.05) is 13.1 Å². The first-order valence-electron chi connectivity index (χ1n) is 15.2. The molecule has 0 fully saturated rings. The number of hydrogen-bond donors (Lipinski definition) is 0. The van der Waals surface area contributed by atoms with E-state index < -0.39 is 126 Å². The van der Waals surface area contributed by atoms with Crippen LogP contribution in [-0.4, -0.2) is 40.0 Å². The molecule has 0 bridgehead atoms. The average molecular weight is 425 g/mol. The lowest BCUT2D eigenvalue weighted by atomic mass is 10.0. The Kier molecular flexibility index (Phi) is 2.44. The Morgan fingerprint density at radius 3 is 2.63 bits per heavy atom. The van der Waals surface area contributed by atoms with E-state index in [0.717, 1.165) is 0 Å². The molecule has 1 amide bonds.